The summed E-state index contributed by atoms with van der Waals surface area (Å²) in [4.78, 5) is 2.54. The number of likely N-dealkylation sites (tertiary alicyclic amines) is 1. The van der Waals surface area contributed by atoms with Gasteiger partial charge in [0.05, 0.1) is 7.11 Å². The Bertz CT molecular complexity index is 419. The molecule has 0 saturated carbocycles. The van der Waals surface area contributed by atoms with Crippen molar-refractivity contribution in [2.45, 2.75) is 39.3 Å². The van der Waals surface area contributed by atoms with Crippen LogP contribution in [0.3, 0.4) is 0 Å². The first-order valence-corrected chi connectivity index (χ1v) is 7.23. The molecule has 106 valence electrons. The molecule has 2 unspecified atom stereocenters. The molecule has 0 radical (unpaired) electrons. The lowest BCUT2D eigenvalue weighted by Crippen LogP contribution is -2.48. The highest BCUT2D eigenvalue weighted by Gasteiger charge is 2.27. The van der Waals surface area contributed by atoms with E-state index in [0.29, 0.717) is 12.0 Å². The molecule has 2 rings (SSSR count). The smallest absolute Gasteiger partial charge is 0.121 e. The summed E-state index contributed by atoms with van der Waals surface area (Å²) in [5, 5.41) is 0. The summed E-state index contributed by atoms with van der Waals surface area (Å²) in [5.74, 6) is 1.67. The van der Waals surface area contributed by atoms with Crippen molar-refractivity contribution in [2.24, 2.45) is 11.7 Å². The summed E-state index contributed by atoms with van der Waals surface area (Å²) in [6.07, 6.45) is 2.59. The van der Waals surface area contributed by atoms with E-state index in [0.717, 1.165) is 25.4 Å². The average molecular weight is 262 g/mol. The molecule has 1 fully saturated rings. The highest BCUT2D eigenvalue weighted by molar-refractivity contribution is 5.36. The summed E-state index contributed by atoms with van der Waals surface area (Å²) in [5.41, 5.74) is 8.51. The van der Waals surface area contributed by atoms with Gasteiger partial charge < -0.3 is 10.5 Å². The predicted octanol–water partition coefficient (Wildman–Crippen LogP) is 2.56. The van der Waals surface area contributed by atoms with Gasteiger partial charge in [-0.05, 0) is 49.4 Å². The van der Waals surface area contributed by atoms with Gasteiger partial charge in [0, 0.05) is 19.1 Å². The first-order chi connectivity index (χ1) is 9.15. The van der Waals surface area contributed by atoms with Crippen molar-refractivity contribution in [3.63, 3.8) is 0 Å². The molecule has 0 aromatic heterocycles. The molecule has 2 N–H and O–H groups in total. The van der Waals surface area contributed by atoms with Gasteiger partial charge >= 0.3 is 0 Å². The number of hydrogen-bond acceptors (Lipinski definition) is 3. The molecule has 0 amide bonds. The Balaban J connectivity index is 2.09. The number of rotatable bonds is 4. The quantitative estimate of drug-likeness (QED) is 0.906. The summed E-state index contributed by atoms with van der Waals surface area (Å²) >= 11 is 0. The van der Waals surface area contributed by atoms with E-state index in [9.17, 15) is 0 Å². The molecular weight excluding hydrogens is 236 g/mol. The lowest BCUT2D eigenvalue weighted by Gasteiger charge is -2.39. The third-order valence-corrected chi connectivity index (χ3v) is 4.32. The number of nitrogens with zero attached hydrogens (tertiary/aromatic N) is 1. The second-order valence-electron chi connectivity index (χ2n) is 5.70. The average Bonchev–Trinajstić information content (AvgIpc) is 2.39. The molecule has 3 nitrogen and oxygen atoms in total. The number of hydrogen-bond donors (Lipinski definition) is 1. The fraction of sp³-hybridized carbons (Fsp3) is 0.625. The largest absolute Gasteiger partial charge is 0.496 e. The molecule has 3 heteroatoms. The minimum Gasteiger partial charge on any atom is -0.496 e. The van der Waals surface area contributed by atoms with E-state index in [-0.39, 0.29) is 0 Å². The fourth-order valence-corrected chi connectivity index (χ4v) is 3.19. The van der Waals surface area contributed by atoms with Crippen LogP contribution in [0, 0.1) is 12.8 Å². The van der Waals surface area contributed by atoms with Crippen LogP contribution in [-0.4, -0.2) is 31.1 Å². The number of benzene rings is 1. The molecule has 1 aliphatic rings. The zero-order chi connectivity index (χ0) is 13.8. The van der Waals surface area contributed by atoms with Crippen LogP contribution in [-0.2, 0) is 6.54 Å². The van der Waals surface area contributed by atoms with Crippen LogP contribution in [0.2, 0.25) is 0 Å². The summed E-state index contributed by atoms with van der Waals surface area (Å²) in [6, 6.07) is 6.98. The minimum absolute atomic E-state index is 0.524. The van der Waals surface area contributed by atoms with Gasteiger partial charge in [-0.2, -0.15) is 0 Å². The SMILES string of the molecule is COc1ccc(CN2CCCC(C)C2CN)cc1C. The lowest BCUT2D eigenvalue weighted by molar-refractivity contribution is 0.0990. The van der Waals surface area contributed by atoms with Crippen LogP contribution in [0.25, 0.3) is 0 Å². The highest BCUT2D eigenvalue weighted by Crippen LogP contribution is 2.25. The van der Waals surface area contributed by atoms with Gasteiger partial charge in [-0.3, -0.25) is 4.90 Å². The predicted molar refractivity (Wildman–Crippen MR) is 79.4 cm³/mol. The van der Waals surface area contributed by atoms with Crippen LogP contribution in [0.15, 0.2) is 18.2 Å². The first-order valence-electron chi connectivity index (χ1n) is 7.23. The van der Waals surface area contributed by atoms with Gasteiger partial charge in [-0.25, -0.2) is 0 Å². The van der Waals surface area contributed by atoms with Crippen LogP contribution < -0.4 is 10.5 Å². The van der Waals surface area contributed by atoms with Gasteiger partial charge in [-0.15, -0.1) is 0 Å². The maximum absolute atomic E-state index is 5.95. The number of piperidine rings is 1. The monoisotopic (exact) mass is 262 g/mol. The summed E-state index contributed by atoms with van der Waals surface area (Å²) in [7, 11) is 1.72. The Kier molecular flexibility index (Phi) is 4.83. The number of aryl methyl sites for hydroxylation is 1. The third kappa shape index (κ3) is 3.28. The molecule has 1 heterocycles. The Morgan fingerprint density at radius 2 is 2.21 bits per heavy atom. The molecule has 2 atom stereocenters. The van der Waals surface area contributed by atoms with Gasteiger partial charge in [0.25, 0.3) is 0 Å². The van der Waals surface area contributed by atoms with Crippen molar-refractivity contribution in [1.82, 2.24) is 4.90 Å². The number of ether oxygens (including phenoxy) is 1. The molecule has 1 aromatic carbocycles. The van der Waals surface area contributed by atoms with Crippen LogP contribution in [0.5, 0.6) is 5.75 Å². The second kappa shape index (κ2) is 6.40. The van der Waals surface area contributed by atoms with E-state index in [1.807, 2.05) is 0 Å². The number of methoxy groups -OCH3 is 1. The third-order valence-electron chi connectivity index (χ3n) is 4.32. The van der Waals surface area contributed by atoms with Crippen LogP contribution >= 0.6 is 0 Å². The van der Waals surface area contributed by atoms with Crippen molar-refractivity contribution >= 4 is 0 Å². The molecule has 1 aliphatic heterocycles. The van der Waals surface area contributed by atoms with Gasteiger partial charge in [-0.1, -0.05) is 19.1 Å². The minimum atomic E-state index is 0.524. The van der Waals surface area contributed by atoms with Gasteiger partial charge in [0.1, 0.15) is 5.75 Å². The van der Waals surface area contributed by atoms with E-state index in [1.54, 1.807) is 7.11 Å². The van der Waals surface area contributed by atoms with Crippen molar-refractivity contribution in [3.05, 3.63) is 29.3 Å². The molecule has 1 saturated heterocycles. The number of nitrogens with two attached hydrogens (primary N) is 1. The molecule has 0 bridgehead atoms. The maximum Gasteiger partial charge on any atom is 0.121 e. The van der Waals surface area contributed by atoms with Gasteiger partial charge in [0.2, 0.25) is 0 Å². The summed E-state index contributed by atoms with van der Waals surface area (Å²) < 4.78 is 5.32. The van der Waals surface area contributed by atoms with E-state index in [4.69, 9.17) is 10.5 Å². The molecule has 1 aromatic rings. The Morgan fingerprint density at radius 1 is 1.42 bits per heavy atom. The first kappa shape index (κ1) is 14.4. The van der Waals surface area contributed by atoms with Crippen molar-refractivity contribution in [1.29, 1.82) is 0 Å². The molecule has 19 heavy (non-hydrogen) atoms. The van der Waals surface area contributed by atoms with E-state index in [1.165, 1.54) is 24.0 Å². The molecule has 0 spiro atoms. The molecule has 0 aliphatic carbocycles. The zero-order valence-corrected chi connectivity index (χ0v) is 12.4. The van der Waals surface area contributed by atoms with Crippen LogP contribution in [0.1, 0.15) is 30.9 Å². The van der Waals surface area contributed by atoms with Crippen molar-refractivity contribution in [2.75, 3.05) is 20.2 Å². The zero-order valence-electron chi connectivity index (χ0n) is 12.4. The summed E-state index contributed by atoms with van der Waals surface area (Å²) in [6.45, 7) is 7.34. The lowest BCUT2D eigenvalue weighted by atomic mass is 9.90. The normalized spacial score (nSPS) is 24.4. The highest BCUT2D eigenvalue weighted by atomic mass is 16.5. The van der Waals surface area contributed by atoms with Crippen LogP contribution in [0.4, 0.5) is 0 Å². The Morgan fingerprint density at radius 3 is 2.84 bits per heavy atom. The Labute approximate surface area is 116 Å². The van der Waals surface area contributed by atoms with Crippen molar-refractivity contribution in [3.8, 4) is 5.75 Å². The van der Waals surface area contributed by atoms with E-state index < -0.39 is 0 Å². The van der Waals surface area contributed by atoms with Crippen molar-refractivity contribution < 1.29 is 4.74 Å². The fourth-order valence-electron chi connectivity index (χ4n) is 3.19. The van der Waals surface area contributed by atoms with Gasteiger partial charge in [0.15, 0.2) is 0 Å². The van der Waals surface area contributed by atoms with E-state index in [2.05, 4.69) is 36.9 Å². The van der Waals surface area contributed by atoms with E-state index >= 15 is 0 Å². The standard InChI is InChI=1S/C16H26N2O/c1-12-5-4-8-18(15(12)10-17)11-14-6-7-16(19-3)13(2)9-14/h6-7,9,12,15H,4-5,8,10-11,17H2,1-3H3. The Hall–Kier alpha value is -1.06. The topological polar surface area (TPSA) is 38.5 Å². The second-order valence-corrected chi connectivity index (χ2v) is 5.70. The molecular formula is C16H26N2O. The maximum atomic E-state index is 5.95.